The number of hydrogen-bond donors (Lipinski definition) is 2. The summed E-state index contributed by atoms with van der Waals surface area (Å²) in [4.78, 5) is 14.7. The van der Waals surface area contributed by atoms with Crippen LogP contribution in [0.15, 0.2) is 60.7 Å². The topological polar surface area (TPSA) is 44.4 Å². The minimum atomic E-state index is 0. The van der Waals surface area contributed by atoms with E-state index in [1.165, 1.54) is 24.0 Å². The zero-order valence-corrected chi connectivity index (χ0v) is 17.8. The summed E-state index contributed by atoms with van der Waals surface area (Å²) in [6.07, 6.45) is 2.40. The maximum Gasteiger partial charge on any atom is 0.234 e. The van der Waals surface area contributed by atoms with E-state index in [0.29, 0.717) is 12.5 Å². The van der Waals surface area contributed by atoms with Gasteiger partial charge in [-0.05, 0) is 43.0 Å². The van der Waals surface area contributed by atoms with Gasteiger partial charge in [-0.25, -0.2) is 0 Å². The lowest BCUT2D eigenvalue weighted by atomic mass is 10.00. The standard InChI is InChI=1S/C22H29N3O.2ClH/c26-22(24-15-21-12-7-13-23-14-21)18-25(16-19-8-3-1-4-9-19)17-20-10-5-2-6-11-20;;/h1-6,8-11,21,23H,7,12-18H2,(H,24,26);2*1H. The van der Waals surface area contributed by atoms with Gasteiger partial charge in [0.05, 0.1) is 6.54 Å². The van der Waals surface area contributed by atoms with Crippen LogP contribution in [0, 0.1) is 5.92 Å². The SMILES string of the molecule is Cl.Cl.O=C(CN(Cc1ccccc1)Cc1ccccc1)NCC1CCCNC1. The fraction of sp³-hybridized carbons (Fsp3) is 0.409. The highest BCUT2D eigenvalue weighted by molar-refractivity contribution is 5.85. The molecule has 0 radical (unpaired) electrons. The van der Waals surface area contributed by atoms with Crippen molar-refractivity contribution in [2.24, 2.45) is 5.92 Å². The lowest BCUT2D eigenvalue weighted by molar-refractivity contribution is -0.122. The van der Waals surface area contributed by atoms with Crippen LogP contribution in [0.3, 0.4) is 0 Å². The Kier molecular flexibility index (Phi) is 11.8. The predicted octanol–water partition coefficient (Wildman–Crippen LogP) is 3.65. The van der Waals surface area contributed by atoms with Crippen molar-refractivity contribution in [2.75, 3.05) is 26.2 Å². The molecule has 1 fully saturated rings. The van der Waals surface area contributed by atoms with E-state index in [4.69, 9.17) is 0 Å². The molecule has 0 spiro atoms. The highest BCUT2D eigenvalue weighted by Gasteiger charge is 2.16. The molecule has 2 N–H and O–H groups in total. The molecule has 1 saturated heterocycles. The number of halogens is 2. The van der Waals surface area contributed by atoms with Crippen molar-refractivity contribution in [1.29, 1.82) is 0 Å². The molecule has 6 heteroatoms. The largest absolute Gasteiger partial charge is 0.355 e. The normalized spacial score (nSPS) is 16.0. The van der Waals surface area contributed by atoms with Crippen LogP contribution in [0.5, 0.6) is 0 Å². The van der Waals surface area contributed by atoms with Gasteiger partial charge in [-0.3, -0.25) is 9.69 Å². The number of piperidine rings is 1. The third-order valence-electron chi connectivity index (χ3n) is 4.85. The molecule has 0 aliphatic carbocycles. The monoisotopic (exact) mass is 423 g/mol. The Morgan fingerprint density at radius 2 is 1.54 bits per heavy atom. The Morgan fingerprint density at radius 1 is 0.964 bits per heavy atom. The van der Waals surface area contributed by atoms with Gasteiger partial charge in [0.25, 0.3) is 0 Å². The van der Waals surface area contributed by atoms with E-state index < -0.39 is 0 Å². The lowest BCUT2D eigenvalue weighted by Crippen LogP contribution is -2.42. The van der Waals surface area contributed by atoms with Crippen LogP contribution in [0.4, 0.5) is 0 Å². The van der Waals surface area contributed by atoms with Crippen LogP contribution in [-0.4, -0.2) is 37.0 Å². The van der Waals surface area contributed by atoms with Crippen molar-refractivity contribution in [3.63, 3.8) is 0 Å². The van der Waals surface area contributed by atoms with Gasteiger partial charge in [-0.1, -0.05) is 60.7 Å². The summed E-state index contributed by atoms with van der Waals surface area (Å²) in [5, 5.41) is 6.54. The average molecular weight is 424 g/mol. The first-order chi connectivity index (χ1) is 12.8. The van der Waals surface area contributed by atoms with Gasteiger partial charge in [0.1, 0.15) is 0 Å². The molecule has 1 atom stereocenters. The number of hydrogen-bond acceptors (Lipinski definition) is 3. The van der Waals surface area contributed by atoms with E-state index in [-0.39, 0.29) is 30.7 Å². The Bertz CT molecular complexity index is 622. The number of carbonyl (C=O) groups is 1. The van der Waals surface area contributed by atoms with Crippen molar-refractivity contribution < 1.29 is 4.79 Å². The molecule has 1 aliphatic heterocycles. The third kappa shape index (κ3) is 8.61. The van der Waals surface area contributed by atoms with Gasteiger partial charge in [0, 0.05) is 19.6 Å². The minimum Gasteiger partial charge on any atom is -0.355 e. The maximum absolute atomic E-state index is 12.5. The zero-order valence-electron chi connectivity index (χ0n) is 16.2. The highest BCUT2D eigenvalue weighted by Crippen LogP contribution is 2.11. The molecule has 1 amide bonds. The molecule has 1 aliphatic rings. The van der Waals surface area contributed by atoms with Crippen LogP contribution in [0.1, 0.15) is 24.0 Å². The molecule has 1 heterocycles. The Labute approximate surface area is 180 Å². The molecular weight excluding hydrogens is 393 g/mol. The second-order valence-corrected chi connectivity index (χ2v) is 7.13. The van der Waals surface area contributed by atoms with Gasteiger partial charge in [0.2, 0.25) is 5.91 Å². The van der Waals surface area contributed by atoms with Crippen molar-refractivity contribution in [3.8, 4) is 0 Å². The molecule has 1 unspecified atom stereocenters. The highest BCUT2D eigenvalue weighted by atomic mass is 35.5. The Morgan fingerprint density at radius 3 is 2.04 bits per heavy atom. The first kappa shape index (κ1) is 24.4. The molecule has 0 aromatic heterocycles. The van der Waals surface area contributed by atoms with Gasteiger partial charge in [-0.15, -0.1) is 24.8 Å². The molecule has 0 bridgehead atoms. The van der Waals surface area contributed by atoms with E-state index >= 15 is 0 Å². The van der Waals surface area contributed by atoms with Crippen LogP contribution in [0.25, 0.3) is 0 Å². The van der Waals surface area contributed by atoms with Crippen molar-refractivity contribution in [2.45, 2.75) is 25.9 Å². The van der Waals surface area contributed by atoms with Gasteiger partial charge < -0.3 is 10.6 Å². The van der Waals surface area contributed by atoms with Gasteiger partial charge >= 0.3 is 0 Å². The second-order valence-electron chi connectivity index (χ2n) is 7.13. The first-order valence-electron chi connectivity index (χ1n) is 9.57. The van der Waals surface area contributed by atoms with E-state index in [1.807, 2.05) is 36.4 Å². The average Bonchev–Trinajstić information content (AvgIpc) is 2.69. The number of rotatable bonds is 8. The molecule has 2 aromatic rings. The zero-order chi connectivity index (χ0) is 18.0. The summed E-state index contributed by atoms with van der Waals surface area (Å²) in [6, 6.07) is 20.7. The predicted molar refractivity (Wildman–Crippen MR) is 120 cm³/mol. The summed E-state index contributed by atoms with van der Waals surface area (Å²) < 4.78 is 0. The molecule has 154 valence electrons. The Hall–Kier alpha value is -1.59. The quantitative estimate of drug-likeness (QED) is 0.680. The van der Waals surface area contributed by atoms with E-state index in [9.17, 15) is 4.79 Å². The first-order valence-corrected chi connectivity index (χ1v) is 9.57. The molecular formula is C22H31Cl2N3O. The second kappa shape index (κ2) is 13.6. The summed E-state index contributed by atoms with van der Waals surface area (Å²) >= 11 is 0. The molecule has 3 rings (SSSR count). The van der Waals surface area contributed by atoms with Crippen LogP contribution in [-0.2, 0) is 17.9 Å². The lowest BCUT2D eigenvalue weighted by Gasteiger charge is -2.25. The van der Waals surface area contributed by atoms with Gasteiger partial charge in [-0.2, -0.15) is 0 Å². The van der Waals surface area contributed by atoms with Crippen molar-refractivity contribution >= 4 is 30.7 Å². The number of benzene rings is 2. The summed E-state index contributed by atoms with van der Waals surface area (Å²) in [6.45, 7) is 4.85. The van der Waals surface area contributed by atoms with Gasteiger partial charge in [0.15, 0.2) is 0 Å². The number of nitrogens with one attached hydrogen (secondary N) is 2. The van der Waals surface area contributed by atoms with Crippen LogP contribution >= 0.6 is 24.8 Å². The van der Waals surface area contributed by atoms with E-state index in [1.54, 1.807) is 0 Å². The maximum atomic E-state index is 12.5. The number of carbonyl (C=O) groups excluding carboxylic acids is 1. The summed E-state index contributed by atoms with van der Waals surface area (Å²) in [7, 11) is 0. The fourth-order valence-corrected chi connectivity index (χ4v) is 3.47. The van der Waals surface area contributed by atoms with Crippen LogP contribution < -0.4 is 10.6 Å². The molecule has 2 aromatic carbocycles. The van der Waals surface area contributed by atoms with Crippen molar-refractivity contribution in [3.05, 3.63) is 71.8 Å². The van der Waals surface area contributed by atoms with E-state index in [0.717, 1.165) is 32.7 Å². The summed E-state index contributed by atoms with van der Waals surface area (Å²) in [5.41, 5.74) is 2.46. The molecule has 4 nitrogen and oxygen atoms in total. The fourth-order valence-electron chi connectivity index (χ4n) is 3.47. The molecule has 0 saturated carbocycles. The Balaban J connectivity index is 0.00000196. The summed E-state index contributed by atoms with van der Waals surface area (Å²) in [5.74, 6) is 0.673. The van der Waals surface area contributed by atoms with Crippen molar-refractivity contribution in [1.82, 2.24) is 15.5 Å². The number of amides is 1. The minimum absolute atomic E-state index is 0. The van der Waals surface area contributed by atoms with Crippen LogP contribution in [0.2, 0.25) is 0 Å². The smallest absolute Gasteiger partial charge is 0.234 e. The third-order valence-corrected chi connectivity index (χ3v) is 4.85. The van der Waals surface area contributed by atoms with E-state index in [2.05, 4.69) is 39.8 Å². The molecule has 28 heavy (non-hydrogen) atoms. The number of nitrogens with zero attached hydrogens (tertiary/aromatic N) is 1.